The Morgan fingerprint density at radius 3 is 3.00 bits per heavy atom. The van der Waals surface area contributed by atoms with Crippen LogP contribution in [0.3, 0.4) is 0 Å². The molecule has 1 fully saturated rings. The van der Waals surface area contributed by atoms with Crippen molar-refractivity contribution in [3.05, 3.63) is 24.2 Å². The van der Waals surface area contributed by atoms with E-state index in [-0.39, 0.29) is 18.2 Å². The lowest BCUT2D eigenvalue weighted by Crippen LogP contribution is -2.24. The Labute approximate surface area is 91.8 Å². The molecule has 0 saturated carbocycles. The number of hydrogen-bond donors (Lipinski definition) is 0. The molecule has 2 heterocycles. The summed E-state index contributed by atoms with van der Waals surface area (Å²) >= 11 is 5.36. The fourth-order valence-electron chi connectivity index (χ4n) is 1.67. The van der Waals surface area contributed by atoms with Crippen molar-refractivity contribution < 1.29 is 14.0 Å². The molecular weight excluding hydrogens is 218 g/mol. The quantitative estimate of drug-likeness (QED) is 0.734. The van der Waals surface area contributed by atoms with E-state index in [2.05, 4.69) is 0 Å². The zero-order valence-corrected chi connectivity index (χ0v) is 8.74. The molecule has 1 amide bonds. The molecule has 80 valence electrons. The molecule has 0 N–H and O–H groups in total. The molecule has 1 aromatic rings. The molecule has 1 atom stereocenters. The maximum absolute atomic E-state index is 11.5. The van der Waals surface area contributed by atoms with E-state index in [9.17, 15) is 9.59 Å². The molecule has 0 spiro atoms. The summed E-state index contributed by atoms with van der Waals surface area (Å²) in [7, 11) is 0. The lowest BCUT2D eigenvalue weighted by Gasteiger charge is -2.13. The van der Waals surface area contributed by atoms with Crippen molar-refractivity contribution in [3.8, 4) is 0 Å². The van der Waals surface area contributed by atoms with Crippen molar-refractivity contribution in [2.75, 3.05) is 6.54 Å². The van der Waals surface area contributed by atoms with Crippen molar-refractivity contribution in [1.82, 2.24) is 4.90 Å². The normalized spacial score (nSPS) is 21.0. The molecule has 4 nitrogen and oxygen atoms in total. The summed E-state index contributed by atoms with van der Waals surface area (Å²) in [6.45, 7) is 0.800. The lowest BCUT2D eigenvalue weighted by atomic mass is 10.1. The molecular formula is C10H10ClNO3. The fourth-order valence-corrected chi connectivity index (χ4v) is 1.81. The van der Waals surface area contributed by atoms with Gasteiger partial charge < -0.3 is 9.32 Å². The largest absolute Gasteiger partial charge is 0.467 e. The SMILES string of the molecule is O=C(Cl)[C@H]1CC(=O)N(Cc2ccco2)C1. The number of nitrogens with zero attached hydrogens (tertiary/aromatic N) is 1. The lowest BCUT2D eigenvalue weighted by molar-refractivity contribution is -0.128. The summed E-state index contributed by atoms with van der Waals surface area (Å²) in [6.07, 6.45) is 1.77. The Balaban J connectivity index is 2.00. The van der Waals surface area contributed by atoms with Gasteiger partial charge in [-0.2, -0.15) is 0 Å². The van der Waals surface area contributed by atoms with Gasteiger partial charge in [-0.3, -0.25) is 9.59 Å². The molecule has 1 aromatic heterocycles. The van der Waals surface area contributed by atoms with Crippen LogP contribution in [-0.4, -0.2) is 22.6 Å². The predicted octanol–water partition coefficient (Wildman–Crippen LogP) is 1.39. The van der Waals surface area contributed by atoms with Crippen LogP contribution in [0.4, 0.5) is 0 Å². The van der Waals surface area contributed by atoms with E-state index >= 15 is 0 Å². The van der Waals surface area contributed by atoms with Crippen molar-refractivity contribution in [1.29, 1.82) is 0 Å². The standard InChI is InChI=1S/C10H10ClNO3/c11-10(14)7-4-9(13)12(5-7)6-8-2-1-3-15-8/h1-3,7H,4-6H2/t7-/m0/s1. The highest BCUT2D eigenvalue weighted by molar-refractivity contribution is 6.64. The highest BCUT2D eigenvalue weighted by Gasteiger charge is 2.33. The number of furan rings is 1. The number of halogens is 1. The molecule has 1 aliphatic heterocycles. The number of likely N-dealkylation sites (tertiary alicyclic amines) is 1. The van der Waals surface area contributed by atoms with E-state index in [0.29, 0.717) is 18.8 Å². The maximum Gasteiger partial charge on any atom is 0.227 e. The smallest absolute Gasteiger partial charge is 0.227 e. The molecule has 0 unspecified atom stereocenters. The highest BCUT2D eigenvalue weighted by Crippen LogP contribution is 2.22. The van der Waals surface area contributed by atoms with Gasteiger partial charge in [0, 0.05) is 13.0 Å². The van der Waals surface area contributed by atoms with Gasteiger partial charge in [0.25, 0.3) is 0 Å². The Morgan fingerprint density at radius 2 is 2.47 bits per heavy atom. The van der Waals surface area contributed by atoms with Crippen molar-refractivity contribution in [2.24, 2.45) is 5.92 Å². The fraction of sp³-hybridized carbons (Fsp3) is 0.400. The van der Waals surface area contributed by atoms with Gasteiger partial charge >= 0.3 is 0 Å². The summed E-state index contributed by atoms with van der Waals surface area (Å²) in [5.74, 6) is 0.297. The first kappa shape index (κ1) is 10.2. The zero-order valence-electron chi connectivity index (χ0n) is 7.98. The first-order valence-electron chi connectivity index (χ1n) is 4.66. The van der Waals surface area contributed by atoms with E-state index in [1.807, 2.05) is 0 Å². The summed E-state index contributed by atoms with van der Waals surface area (Å²) in [5.41, 5.74) is 0. The second-order valence-electron chi connectivity index (χ2n) is 3.56. The Kier molecular flexibility index (Phi) is 2.77. The molecule has 0 radical (unpaired) electrons. The van der Waals surface area contributed by atoms with E-state index in [4.69, 9.17) is 16.0 Å². The summed E-state index contributed by atoms with van der Waals surface area (Å²) in [5, 5.41) is -0.440. The van der Waals surface area contributed by atoms with Crippen molar-refractivity contribution >= 4 is 22.8 Å². The molecule has 5 heteroatoms. The minimum Gasteiger partial charge on any atom is -0.467 e. The van der Waals surface area contributed by atoms with Crippen molar-refractivity contribution in [2.45, 2.75) is 13.0 Å². The third kappa shape index (κ3) is 2.21. The topological polar surface area (TPSA) is 50.5 Å². The third-order valence-electron chi connectivity index (χ3n) is 2.46. The van der Waals surface area contributed by atoms with Gasteiger partial charge in [0.1, 0.15) is 5.76 Å². The van der Waals surface area contributed by atoms with Gasteiger partial charge in [-0.15, -0.1) is 0 Å². The minimum atomic E-state index is -0.440. The highest BCUT2D eigenvalue weighted by atomic mass is 35.5. The Hall–Kier alpha value is -1.29. The van der Waals surface area contributed by atoms with Crippen LogP contribution >= 0.6 is 11.6 Å². The van der Waals surface area contributed by atoms with Crippen LogP contribution in [0.1, 0.15) is 12.2 Å². The van der Waals surface area contributed by atoms with Gasteiger partial charge in [0.15, 0.2) is 0 Å². The first-order valence-corrected chi connectivity index (χ1v) is 5.04. The second kappa shape index (κ2) is 4.06. The van der Waals surface area contributed by atoms with Crippen LogP contribution < -0.4 is 0 Å². The molecule has 2 rings (SSSR count). The molecule has 0 bridgehead atoms. The zero-order chi connectivity index (χ0) is 10.8. The van der Waals surface area contributed by atoms with E-state index in [1.54, 1.807) is 23.3 Å². The van der Waals surface area contributed by atoms with Gasteiger partial charge in [0.05, 0.1) is 18.7 Å². The van der Waals surface area contributed by atoms with Crippen molar-refractivity contribution in [3.63, 3.8) is 0 Å². The molecule has 1 aliphatic rings. The number of hydrogen-bond acceptors (Lipinski definition) is 3. The number of amides is 1. The van der Waals surface area contributed by atoms with Crippen LogP contribution in [0.2, 0.25) is 0 Å². The summed E-state index contributed by atoms with van der Waals surface area (Å²) < 4.78 is 5.13. The predicted molar refractivity (Wildman–Crippen MR) is 53.1 cm³/mol. The molecule has 1 saturated heterocycles. The van der Waals surface area contributed by atoms with E-state index in [1.165, 1.54) is 0 Å². The van der Waals surface area contributed by atoms with Crippen LogP contribution in [0.5, 0.6) is 0 Å². The monoisotopic (exact) mass is 227 g/mol. The third-order valence-corrected chi connectivity index (χ3v) is 2.77. The molecule has 0 aromatic carbocycles. The van der Waals surface area contributed by atoms with Crippen LogP contribution in [0.15, 0.2) is 22.8 Å². The van der Waals surface area contributed by atoms with Gasteiger partial charge in [-0.25, -0.2) is 0 Å². The second-order valence-corrected chi connectivity index (χ2v) is 3.93. The Morgan fingerprint density at radius 1 is 1.67 bits per heavy atom. The van der Waals surface area contributed by atoms with E-state index < -0.39 is 5.24 Å². The van der Waals surface area contributed by atoms with Gasteiger partial charge in [0.2, 0.25) is 11.1 Å². The van der Waals surface area contributed by atoms with Crippen LogP contribution in [0, 0.1) is 5.92 Å². The van der Waals surface area contributed by atoms with Crippen LogP contribution in [-0.2, 0) is 16.1 Å². The van der Waals surface area contributed by atoms with Gasteiger partial charge in [-0.1, -0.05) is 0 Å². The average molecular weight is 228 g/mol. The number of rotatable bonds is 3. The average Bonchev–Trinajstić information content (AvgIpc) is 2.77. The Bertz CT molecular complexity index is 374. The summed E-state index contributed by atoms with van der Waals surface area (Å²) in [6, 6.07) is 3.56. The van der Waals surface area contributed by atoms with Crippen LogP contribution in [0.25, 0.3) is 0 Å². The first-order chi connectivity index (χ1) is 7.16. The summed E-state index contributed by atoms with van der Waals surface area (Å²) in [4.78, 5) is 24.0. The minimum absolute atomic E-state index is 0.0506. The number of carbonyl (C=O) groups is 2. The maximum atomic E-state index is 11.5. The molecule has 15 heavy (non-hydrogen) atoms. The van der Waals surface area contributed by atoms with E-state index in [0.717, 1.165) is 0 Å². The van der Waals surface area contributed by atoms with Gasteiger partial charge in [-0.05, 0) is 23.7 Å². The number of carbonyl (C=O) groups excluding carboxylic acids is 2. The molecule has 0 aliphatic carbocycles.